The molecule has 0 fully saturated rings. The molecular formula is C9H7BrClNO3. The van der Waals surface area contributed by atoms with Crippen molar-refractivity contribution in [3.05, 3.63) is 38.9 Å². The van der Waals surface area contributed by atoms with Crippen molar-refractivity contribution in [3.8, 4) is 0 Å². The summed E-state index contributed by atoms with van der Waals surface area (Å²) in [5.41, 5.74) is 0.423. The molecule has 15 heavy (non-hydrogen) atoms. The highest BCUT2D eigenvalue weighted by atomic mass is 79.9. The van der Waals surface area contributed by atoms with Crippen LogP contribution in [0, 0.1) is 10.1 Å². The molecule has 1 aromatic rings. The van der Waals surface area contributed by atoms with Crippen LogP contribution >= 0.6 is 27.5 Å². The van der Waals surface area contributed by atoms with E-state index in [2.05, 4.69) is 15.9 Å². The van der Waals surface area contributed by atoms with Gasteiger partial charge in [-0.3, -0.25) is 14.9 Å². The Morgan fingerprint density at radius 3 is 2.73 bits per heavy atom. The highest BCUT2D eigenvalue weighted by Gasteiger charge is 2.13. The normalized spacial score (nSPS) is 10.0. The van der Waals surface area contributed by atoms with E-state index >= 15 is 0 Å². The van der Waals surface area contributed by atoms with Gasteiger partial charge in [-0.1, -0.05) is 33.6 Å². The summed E-state index contributed by atoms with van der Waals surface area (Å²) in [7, 11) is 0. The molecular weight excluding hydrogens is 285 g/mol. The summed E-state index contributed by atoms with van der Waals surface area (Å²) >= 11 is 8.65. The third kappa shape index (κ3) is 3.28. The van der Waals surface area contributed by atoms with Crippen molar-refractivity contribution in [1.29, 1.82) is 0 Å². The Morgan fingerprint density at radius 2 is 2.20 bits per heavy atom. The second-order valence-corrected chi connectivity index (χ2v) is 3.86. The maximum atomic E-state index is 11.1. The number of Topliss-reactive ketones (excluding diaryl/α,β-unsaturated/α-hetero) is 1. The molecule has 0 radical (unpaired) electrons. The van der Waals surface area contributed by atoms with Gasteiger partial charge in [0.1, 0.15) is 10.8 Å². The van der Waals surface area contributed by atoms with E-state index in [1.165, 1.54) is 12.1 Å². The minimum absolute atomic E-state index is 0.0355. The maximum absolute atomic E-state index is 11.1. The van der Waals surface area contributed by atoms with Gasteiger partial charge in [-0.2, -0.15) is 0 Å². The Hall–Kier alpha value is -0.940. The van der Waals surface area contributed by atoms with Crippen molar-refractivity contribution >= 4 is 39.0 Å². The highest BCUT2D eigenvalue weighted by molar-refractivity contribution is 9.09. The first kappa shape index (κ1) is 12.1. The first-order valence-corrected chi connectivity index (χ1v) is 5.55. The number of carbonyl (C=O) groups is 1. The topological polar surface area (TPSA) is 60.2 Å². The van der Waals surface area contributed by atoms with Gasteiger partial charge in [0.2, 0.25) is 0 Å². The molecule has 0 unspecified atom stereocenters. The highest BCUT2D eigenvalue weighted by Crippen LogP contribution is 2.25. The number of benzene rings is 1. The molecule has 0 aliphatic heterocycles. The molecule has 1 rings (SSSR count). The summed E-state index contributed by atoms with van der Waals surface area (Å²) in [6.45, 7) is 0. The summed E-state index contributed by atoms with van der Waals surface area (Å²) in [5.74, 6) is -0.0355. The lowest BCUT2D eigenvalue weighted by Gasteiger charge is -2.00. The minimum Gasteiger partial charge on any atom is -0.298 e. The molecule has 0 bridgehead atoms. The number of carbonyl (C=O) groups excluding carboxylic acids is 1. The van der Waals surface area contributed by atoms with E-state index in [0.29, 0.717) is 5.56 Å². The summed E-state index contributed by atoms with van der Waals surface area (Å²) < 4.78 is 0. The predicted octanol–water partition coefficient (Wildman–Crippen LogP) is 2.75. The molecule has 4 nitrogen and oxygen atoms in total. The van der Waals surface area contributed by atoms with E-state index in [1.54, 1.807) is 6.07 Å². The average molecular weight is 293 g/mol. The molecule has 80 valence electrons. The Kier molecular flexibility index (Phi) is 4.23. The van der Waals surface area contributed by atoms with Crippen molar-refractivity contribution in [2.45, 2.75) is 6.42 Å². The standard InChI is InChI=1S/C9H7BrClNO3/c10-5-7(13)3-6-1-2-8(11)9(4-6)12(14)15/h1-2,4H,3,5H2. The van der Waals surface area contributed by atoms with E-state index in [0.717, 1.165) is 0 Å². The second kappa shape index (κ2) is 5.23. The van der Waals surface area contributed by atoms with Crippen LogP contribution in [0.3, 0.4) is 0 Å². The second-order valence-electron chi connectivity index (χ2n) is 2.89. The molecule has 0 aliphatic carbocycles. The van der Waals surface area contributed by atoms with E-state index in [9.17, 15) is 14.9 Å². The van der Waals surface area contributed by atoms with Crippen LogP contribution in [0.4, 0.5) is 5.69 Å². The fourth-order valence-electron chi connectivity index (χ4n) is 1.08. The van der Waals surface area contributed by atoms with Crippen LogP contribution in [0.1, 0.15) is 5.56 Å². The Balaban J connectivity index is 2.97. The molecule has 0 saturated heterocycles. The van der Waals surface area contributed by atoms with E-state index in [4.69, 9.17) is 11.6 Å². The van der Waals surface area contributed by atoms with E-state index in [-0.39, 0.29) is 28.2 Å². The summed E-state index contributed by atoms with van der Waals surface area (Å²) in [6, 6.07) is 4.36. The van der Waals surface area contributed by atoms with Crippen LogP contribution in [0.2, 0.25) is 5.02 Å². The summed E-state index contributed by atoms with van der Waals surface area (Å²) in [5, 5.41) is 10.9. The minimum atomic E-state index is -0.565. The quantitative estimate of drug-likeness (QED) is 0.487. The van der Waals surface area contributed by atoms with Gasteiger partial charge < -0.3 is 0 Å². The van der Waals surface area contributed by atoms with Gasteiger partial charge in [0, 0.05) is 12.5 Å². The predicted molar refractivity (Wildman–Crippen MR) is 60.6 cm³/mol. The monoisotopic (exact) mass is 291 g/mol. The van der Waals surface area contributed by atoms with Crippen molar-refractivity contribution in [3.63, 3.8) is 0 Å². The van der Waals surface area contributed by atoms with E-state index in [1.807, 2.05) is 0 Å². The van der Waals surface area contributed by atoms with Gasteiger partial charge >= 0.3 is 0 Å². The van der Waals surface area contributed by atoms with Gasteiger partial charge in [0.15, 0.2) is 0 Å². The number of nitrogens with zero attached hydrogens (tertiary/aromatic N) is 1. The zero-order chi connectivity index (χ0) is 11.4. The van der Waals surface area contributed by atoms with Crippen LogP contribution in [0.5, 0.6) is 0 Å². The molecule has 0 atom stereocenters. The van der Waals surface area contributed by atoms with Gasteiger partial charge in [-0.25, -0.2) is 0 Å². The lowest BCUT2D eigenvalue weighted by molar-refractivity contribution is -0.384. The zero-order valence-corrected chi connectivity index (χ0v) is 9.92. The lowest BCUT2D eigenvalue weighted by Crippen LogP contribution is -2.03. The van der Waals surface area contributed by atoms with Crippen molar-refractivity contribution in [2.24, 2.45) is 0 Å². The van der Waals surface area contributed by atoms with E-state index < -0.39 is 4.92 Å². The van der Waals surface area contributed by atoms with Crippen LogP contribution in [-0.4, -0.2) is 16.0 Å². The lowest BCUT2D eigenvalue weighted by atomic mass is 10.1. The number of halogens is 2. The molecule has 0 heterocycles. The molecule has 0 saturated carbocycles. The van der Waals surface area contributed by atoms with Crippen molar-refractivity contribution in [2.75, 3.05) is 5.33 Å². The molecule has 6 heteroatoms. The van der Waals surface area contributed by atoms with Crippen LogP contribution in [0.25, 0.3) is 0 Å². The SMILES string of the molecule is O=C(CBr)Cc1ccc(Cl)c([N+](=O)[O-])c1. The van der Waals surface area contributed by atoms with Gasteiger partial charge in [-0.15, -0.1) is 0 Å². The Bertz CT molecular complexity index is 408. The third-order valence-electron chi connectivity index (χ3n) is 1.76. The molecule has 1 aromatic carbocycles. The average Bonchev–Trinajstić information content (AvgIpc) is 2.20. The maximum Gasteiger partial charge on any atom is 0.288 e. The Labute approximate surface area is 99.5 Å². The molecule has 0 spiro atoms. The van der Waals surface area contributed by atoms with Crippen LogP contribution in [-0.2, 0) is 11.2 Å². The fourth-order valence-corrected chi connectivity index (χ4v) is 1.47. The largest absolute Gasteiger partial charge is 0.298 e. The first-order chi connectivity index (χ1) is 7.04. The van der Waals surface area contributed by atoms with Gasteiger partial charge in [0.05, 0.1) is 10.3 Å². The molecule has 0 N–H and O–H groups in total. The fraction of sp³-hybridized carbons (Fsp3) is 0.222. The van der Waals surface area contributed by atoms with Gasteiger partial charge in [0.25, 0.3) is 5.69 Å². The van der Waals surface area contributed by atoms with Crippen LogP contribution in [0.15, 0.2) is 18.2 Å². The van der Waals surface area contributed by atoms with Crippen molar-refractivity contribution < 1.29 is 9.72 Å². The molecule has 0 amide bonds. The summed E-state index contributed by atoms with van der Waals surface area (Å²) in [6.07, 6.45) is 0.170. The number of hydrogen-bond acceptors (Lipinski definition) is 3. The van der Waals surface area contributed by atoms with Crippen LogP contribution < -0.4 is 0 Å². The number of ketones is 1. The number of hydrogen-bond donors (Lipinski definition) is 0. The van der Waals surface area contributed by atoms with Gasteiger partial charge in [-0.05, 0) is 11.6 Å². The number of alkyl halides is 1. The smallest absolute Gasteiger partial charge is 0.288 e. The third-order valence-corrected chi connectivity index (χ3v) is 2.70. The van der Waals surface area contributed by atoms with Crippen molar-refractivity contribution in [1.82, 2.24) is 0 Å². The first-order valence-electron chi connectivity index (χ1n) is 4.05. The number of rotatable bonds is 4. The molecule has 0 aromatic heterocycles. The number of nitro groups is 1. The molecule has 0 aliphatic rings. The summed E-state index contributed by atoms with van der Waals surface area (Å²) in [4.78, 5) is 21.1. The number of nitro benzene ring substituents is 1. The zero-order valence-electron chi connectivity index (χ0n) is 7.57. The Morgan fingerprint density at radius 1 is 1.53 bits per heavy atom.